The van der Waals surface area contributed by atoms with Gasteiger partial charge in [0, 0.05) is 43.6 Å². The Morgan fingerprint density at radius 2 is 0.952 bits per heavy atom. The van der Waals surface area contributed by atoms with Crippen molar-refractivity contribution in [3.05, 3.63) is 212 Å². The Hall–Kier alpha value is -8.66. The van der Waals surface area contributed by atoms with Crippen molar-refractivity contribution in [3.8, 4) is 62.7 Å². The molecule has 12 rings (SSSR count). The molecule has 0 bridgehead atoms. The van der Waals surface area contributed by atoms with Crippen LogP contribution in [-0.4, -0.2) is 24.1 Å². The smallest absolute Gasteiger partial charge is 0.164 e. The van der Waals surface area contributed by atoms with Gasteiger partial charge < -0.3 is 9.13 Å². The van der Waals surface area contributed by atoms with Crippen molar-refractivity contribution >= 4 is 54.4 Å². The standard InChI is InChI=1S/C56H34N6/c57-35-42-34-41(56-59-54(39-17-5-2-6-18-39)58-55(60-56)40-28-26-37(27-29-40)36-14-3-1-4-15-36)30-32-47(42)62-49-23-11-9-21-44(49)45-31-33-51-52(53(45)62)46-22-10-12-24-50(46)61(51)48-25-13-19-38-16-7-8-20-43(38)48/h1-34H/i30D,32D,34D. The van der Waals surface area contributed by atoms with Crippen molar-refractivity contribution in [2.75, 3.05) is 0 Å². The zero-order valence-corrected chi connectivity index (χ0v) is 33.1. The lowest BCUT2D eigenvalue weighted by molar-refractivity contribution is 1.07. The van der Waals surface area contributed by atoms with E-state index in [-0.39, 0.29) is 40.8 Å². The van der Waals surface area contributed by atoms with Crippen LogP contribution in [0.25, 0.3) is 111 Å². The molecule has 6 nitrogen and oxygen atoms in total. The molecule has 0 saturated carbocycles. The van der Waals surface area contributed by atoms with Crippen LogP contribution < -0.4 is 0 Å². The maximum absolute atomic E-state index is 11.2. The lowest BCUT2D eigenvalue weighted by Gasteiger charge is -2.14. The van der Waals surface area contributed by atoms with E-state index in [1.807, 2.05) is 120 Å². The van der Waals surface area contributed by atoms with Crippen LogP contribution in [0.2, 0.25) is 0 Å². The van der Waals surface area contributed by atoms with E-state index in [1.54, 1.807) is 0 Å². The highest BCUT2D eigenvalue weighted by Gasteiger charge is 2.23. The highest BCUT2D eigenvalue weighted by atomic mass is 15.0. The number of nitriles is 1. The van der Waals surface area contributed by atoms with E-state index in [1.165, 1.54) is 0 Å². The molecule has 0 aliphatic rings. The van der Waals surface area contributed by atoms with Gasteiger partial charge in [-0.25, -0.2) is 15.0 Å². The first-order valence-electron chi connectivity index (χ1n) is 21.9. The average molecular weight is 794 g/mol. The summed E-state index contributed by atoms with van der Waals surface area (Å²) in [4.78, 5) is 14.6. The van der Waals surface area contributed by atoms with Crippen LogP contribution in [0.3, 0.4) is 0 Å². The molecule has 12 aromatic rings. The van der Waals surface area contributed by atoms with Crippen LogP contribution in [0.5, 0.6) is 0 Å². The fraction of sp³-hybridized carbons (Fsp3) is 0. The summed E-state index contributed by atoms with van der Waals surface area (Å²) in [7, 11) is 0. The van der Waals surface area contributed by atoms with E-state index >= 15 is 0 Å². The molecule has 0 N–H and O–H groups in total. The Bertz CT molecular complexity index is 3920. The monoisotopic (exact) mass is 793 g/mol. The Kier molecular flexibility index (Phi) is 7.41. The fourth-order valence-corrected chi connectivity index (χ4v) is 8.94. The summed E-state index contributed by atoms with van der Waals surface area (Å²) in [6.07, 6.45) is 0. The molecule has 9 aromatic carbocycles. The summed E-state index contributed by atoms with van der Waals surface area (Å²) in [6.45, 7) is 0. The number of nitrogens with zero attached hydrogens (tertiary/aromatic N) is 6. The number of para-hydroxylation sites is 2. The molecular weight excluding hydrogens is 757 g/mol. The van der Waals surface area contributed by atoms with Crippen LogP contribution in [-0.2, 0) is 0 Å². The molecule has 0 radical (unpaired) electrons. The molecule has 0 fully saturated rings. The predicted molar refractivity (Wildman–Crippen MR) is 252 cm³/mol. The van der Waals surface area contributed by atoms with Gasteiger partial charge in [-0.2, -0.15) is 5.26 Å². The van der Waals surface area contributed by atoms with Gasteiger partial charge in [0.1, 0.15) is 6.07 Å². The normalized spacial score (nSPS) is 12.2. The lowest BCUT2D eigenvalue weighted by Crippen LogP contribution is -2.02. The number of benzene rings is 9. The minimum Gasteiger partial charge on any atom is -0.309 e. The quantitative estimate of drug-likeness (QED) is 0.168. The summed E-state index contributed by atoms with van der Waals surface area (Å²) in [5.41, 5.74) is 8.12. The van der Waals surface area contributed by atoms with E-state index < -0.39 is 0 Å². The first kappa shape index (κ1) is 32.2. The third kappa shape index (κ3) is 5.61. The van der Waals surface area contributed by atoms with Crippen molar-refractivity contribution in [2.24, 2.45) is 0 Å². The van der Waals surface area contributed by atoms with Gasteiger partial charge in [-0.05, 0) is 58.9 Å². The molecule has 288 valence electrons. The maximum Gasteiger partial charge on any atom is 0.164 e. The second kappa shape index (κ2) is 14.3. The molecule has 0 saturated heterocycles. The van der Waals surface area contributed by atoms with Crippen LogP contribution in [0.1, 0.15) is 9.68 Å². The van der Waals surface area contributed by atoms with E-state index in [9.17, 15) is 9.37 Å². The van der Waals surface area contributed by atoms with Crippen LogP contribution >= 0.6 is 0 Å². The highest BCUT2D eigenvalue weighted by molar-refractivity contribution is 6.26. The van der Waals surface area contributed by atoms with Gasteiger partial charge in [0.05, 0.1) is 43.1 Å². The topological polar surface area (TPSA) is 72.3 Å². The van der Waals surface area contributed by atoms with Crippen LogP contribution in [0.15, 0.2) is 206 Å². The van der Waals surface area contributed by atoms with Gasteiger partial charge >= 0.3 is 0 Å². The molecule has 0 amide bonds. The Balaban J connectivity index is 1.12. The molecule has 3 heterocycles. The van der Waals surface area contributed by atoms with E-state index in [0.29, 0.717) is 17.2 Å². The lowest BCUT2D eigenvalue weighted by atomic mass is 10.0. The SMILES string of the molecule is [2H]c1c([2H])c(-n2c3ccccc3c3ccc4c(c5ccccc5n4-c4cccc5ccccc45)c32)c(C#N)c([2H])c1-c1nc(-c2ccccc2)nc(-c2ccc(-c3ccccc3)cc2)n1. The van der Waals surface area contributed by atoms with Gasteiger partial charge in [-0.1, -0.05) is 164 Å². The van der Waals surface area contributed by atoms with Gasteiger partial charge in [-0.3, -0.25) is 0 Å². The number of aromatic nitrogens is 5. The fourth-order valence-electron chi connectivity index (χ4n) is 8.94. The Morgan fingerprint density at radius 1 is 0.403 bits per heavy atom. The molecule has 0 spiro atoms. The van der Waals surface area contributed by atoms with E-state index in [2.05, 4.69) is 83.4 Å². The van der Waals surface area contributed by atoms with Crippen molar-refractivity contribution in [2.45, 2.75) is 0 Å². The van der Waals surface area contributed by atoms with Crippen molar-refractivity contribution in [1.29, 1.82) is 5.26 Å². The van der Waals surface area contributed by atoms with Crippen molar-refractivity contribution in [3.63, 3.8) is 0 Å². The van der Waals surface area contributed by atoms with Gasteiger partial charge in [0.2, 0.25) is 0 Å². The molecule has 0 atom stereocenters. The Morgan fingerprint density at radius 3 is 1.68 bits per heavy atom. The number of fused-ring (bicyclic) bond motifs is 8. The average Bonchev–Trinajstić information content (AvgIpc) is 3.88. The molecular formula is C56H34N6. The van der Waals surface area contributed by atoms with E-state index in [4.69, 9.17) is 15.0 Å². The molecule has 0 unspecified atom stereocenters. The molecule has 6 heteroatoms. The second-order valence-corrected chi connectivity index (χ2v) is 15.3. The van der Waals surface area contributed by atoms with Crippen LogP contribution in [0.4, 0.5) is 0 Å². The third-order valence-corrected chi connectivity index (χ3v) is 11.7. The molecule has 0 aliphatic carbocycles. The minimum atomic E-state index is -0.268. The van der Waals surface area contributed by atoms with Crippen molar-refractivity contribution < 1.29 is 4.11 Å². The first-order valence-corrected chi connectivity index (χ1v) is 20.4. The van der Waals surface area contributed by atoms with E-state index in [0.717, 1.165) is 76.8 Å². The summed E-state index contributed by atoms with van der Waals surface area (Å²) in [6, 6.07) is 64.2. The van der Waals surface area contributed by atoms with Crippen LogP contribution in [0, 0.1) is 11.3 Å². The predicted octanol–water partition coefficient (Wildman–Crippen LogP) is 13.8. The second-order valence-electron chi connectivity index (χ2n) is 15.3. The highest BCUT2D eigenvalue weighted by Crippen LogP contribution is 2.43. The Labute approximate surface area is 361 Å². The van der Waals surface area contributed by atoms with Gasteiger partial charge in [0.15, 0.2) is 17.5 Å². The number of hydrogen-bond acceptors (Lipinski definition) is 4. The van der Waals surface area contributed by atoms with Gasteiger partial charge in [-0.15, -0.1) is 0 Å². The molecule has 62 heavy (non-hydrogen) atoms. The summed E-state index contributed by atoms with van der Waals surface area (Å²) < 4.78 is 33.6. The summed E-state index contributed by atoms with van der Waals surface area (Å²) >= 11 is 0. The summed E-state index contributed by atoms with van der Waals surface area (Å²) in [5, 5.41) is 17.2. The zero-order valence-electron chi connectivity index (χ0n) is 36.1. The number of hydrogen-bond donors (Lipinski definition) is 0. The number of rotatable bonds is 6. The van der Waals surface area contributed by atoms with Crippen molar-refractivity contribution in [1.82, 2.24) is 24.1 Å². The summed E-state index contributed by atoms with van der Waals surface area (Å²) in [5.74, 6) is 0.724. The maximum atomic E-state index is 11.2. The third-order valence-electron chi connectivity index (χ3n) is 11.7. The first-order chi connectivity index (χ1) is 32.0. The molecule has 3 aromatic heterocycles. The largest absolute Gasteiger partial charge is 0.309 e. The zero-order chi connectivity index (χ0) is 43.8. The van der Waals surface area contributed by atoms with Gasteiger partial charge in [0.25, 0.3) is 0 Å². The minimum absolute atomic E-state index is 0.0180. The molecule has 0 aliphatic heterocycles.